The average molecular weight is 435 g/mol. The number of para-hydroxylation sites is 1. The molecule has 1 fully saturated rings. The molecule has 1 aliphatic rings. The maximum Gasteiger partial charge on any atom is 0.338 e. The van der Waals surface area contributed by atoms with E-state index in [-0.39, 0.29) is 30.4 Å². The number of carbonyl (C=O) groups is 1. The highest BCUT2D eigenvalue weighted by molar-refractivity contribution is 5.89. The summed E-state index contributed by atoms with van der Waals surface area (Å²) >= 11 is 0. The minimum Gasteiger partial charge on any atom is -0.491 e. The van der Waals surface area contributed by atoms with Crippen molar-refractivity contribution in [2.75, 3.05) is 24.3 Å². The fraction of sp³-hybridized carbons (Fsp3) is 0.304. The molecule has 3 N–H and O–H groups in total. The van der Waals surface area contributed by atoms with Gasteiger partial charge in [0.25, 0.3) is 0 Å². The third kappa shape index (κ3) is 5.70. The van der Waals surface area contributed by atoms with Gasteiger partial charge in [-0.05, 0) is 49.6 Å². The number of rotatable bonds is 8. The molecule has 0 amide bonds. The van der Waals surface area contributed by atoms with E-state index in [1.54, 1.807) is 24.3 Å². The Labute approximate surface area is 186 Å². The summed E-state index contributed by atoms with van der Waals surface area (Å²) in [6.07, 6.45) is 2.13. The van der Waals surface area contributed by atoms with Crippen LogP contribution in [0.5, 0.6) is 5.75 Å². The Morgan fingerprint density at radius 2 is 2.06 bits per heavy atom. The highest BCUT2D eigenvalue weighted by atomic mass is 16.5. The van der Waals surface area contributed by atoms with Crippen LogP contribution in [0.3, 0.4) is 0 Å². The molecule has 2 aromatic carbocycles. The quantitative estimate of drug-likeness (QED) is 0.513. The zero-order valence-corrected chi connectivity index (χ0v) is 17.8. The highest BCUT2D eigenvalue weighted by Crippen LogP contribution is 2.19. The number of nitrogens with one attached hydrogen (secondary N) is 1. The number of hydrogen-bond acceptors (Lipinski definition) is 9. The zero-order chi connectivity index (χ0) is 22.3. The second-order valence-corrected chi connectivity index (χ2v) is 7.42. The van der Waals surface area contributed by atoms with E-state index < -0.39 is 5.97 Å². The molecule has 0 bridgehead atoms. The van der Waals surface area contributed by atoms with Gasteiger partial charge in [-0.1, -0.05) is 24.3 Å². The predicted molar refractivity (Wildman–Crippen MR) is 119 cm³/mol. The third-order valence-corrected chi connectivity index (χ3v) is 4.95. The van der Waals surface area contributed by atoms with Crippen molar-refractivity contribution in [3.63, 3.8) is 0 Å². The molecule has 0 radical (unpaired) electrons. The van der Waals surface area contributed by atoms with E-state index in [4.69, 9.17) is 19.9 Å². The van der Waals surface area contributed by atoms with Gasteiger partial charge in [-0.15, -0.1) is 0 Å². The largest absolute Gasteiger partial charge is 0.491 e. The van der Waals surface area contributed by atoms with Gasteiger partial charge in [0.1, 0.15) is 12.4 Å². The first-order chi connectivity index (χ1) is 15.6. The van der Waals surface area contributed by atoms with Crippen molar-refractivity contribution < 1.29 is 19.0 Å². The molecular formula is C23H25N5O4. The van der Waals surface area contributed by atoms with Gasteiger partial charge in [0.15, 0.2) is 12.4 Å². The Kier molecular flexibility index (Phi) is 6.76. The van der Waals surface area contributed by atoms with Crippen molar-refractivity contribution in [1.29, 1.82) is 0 Å². The molecule has 1 atom stereocenters. The summed E-state index contributed by atoms with van der Waals surface area (Å²) in [6, 6.07) is 14.6. The van der Waals surface area contributed by atoms with E-state index in [1.807, 2.05) is 31.2 Å². The molecule has 3 aromatic rings. The van der Waals surface area contributed by atoms with Crippen LogP contribution in [0.4, 0.5) is 17.6 Å². The van der Waals surface area contributed by atoms with Gasteiger partial charge in [-0.2, -0.15) is 15.0 Å². The minimum absolute atomic E-state index is 0.0339. The van der Waals surface area contributed by atoms with E-state index in [9.17, 15) is 4.79 Å². The molecule has 1 saturated heterocycles. The maximum atomic E-state index is 12.5. The van der Waals surface area contributed by atoms with Crippen LogP contribution in [0, 0.1) is 6.92 Å². The topological polar surface area (TPSA) is 121 Å². The lowest BCUT2D eigenvalue weighted by Gasteiger charge is -2.12. The number of carbonyl (C=O) groups excluding carboxylic acids is 1. The number of benzene rings is 2. The molecule has 9 nitrogen and oxygen atoms in total. The summed E-state index contributed by atoms with van der Waals surface area (Å²) in [6.45, 7) is 3.05. The van der Waals surface area contributed by atoms with Crippen LogP contribution >= 0.6 is 0 Å². The van der Waals surface area contributed by atoms with Gasteiger partial charge in [-0.3, -0.25) is 0 Å². The van der Waals surface area contributed by atoms with E-state index in [2.05, 4.69) is 20.3 Å². The fourth-order valence-corrected chi connectivity index (χ4v) is 3.28. The molecule has 1 aromatic heterocycles. The summed E-state index contributed by atoms with van der Waals surface area (Å²) in [7, 11) is 0. The molecule has 32 heavy (non-hydrogen) atoms. The van der Waals surface area contributed by atoms with Gasteiger partial charge in [0.2, 0.25) is 11.9 Å². The molecule has 9 heteroatoms. The smallest absolute Gasteiger partial charge is 0.338 e. The number of aromatic nitrogens is 3. The SMILES string of the molecule is Cc1ccccc1Nc1nc(N)nc(COC(=O)c2cccc(OC[C@H]3CCCO3)c2)n1. The van der Waals surface area contributed by atoms with Crippen LogP contribution in [0.25, 0.3) is 0 Å². The summed E-state index contributed by atoms with van der Waals surface area (Å²) < 4.78 is 16.7. The van der Waals surface area contributed by atoms with Crippen molar-refractivity contribution in [3.05, 3.63) is 65.5 Å². The summed E-state index contributed by atoms with van der Waals surface area (Å²) in [5.41, 5.74) is 8.05. The van der Waals surface area contributed by atoms with Gasteiger partial charge >= 0.3 is 5.97 Å². The number of hydrogen-bond donors (Lipinski definition) is 2. The van der Waals surface area contributed by atoms with Crippen LogP contribution in [0.15, 0.2) is 48.5 Å². The molecule has 2 heterocycles. The first kappa shape index (κ1) is 21.5. The normalized spacial score (nSPS) is 15.3. The number of nitrogens with two attached hydrogens (primary N) is 1. The standard InChI is InChI=1S/C23H25N5O4/c1-15-6-2-3-10-19(15)25-23-27-20(26-22(24)28-23)14-32-21(29)16-7-4-8-17(12-16)31-13-18-9-5-11-30-18/h2-4,6-8,10,12,18H,5,9,11,13-14H2,1H3,(H3,24,25,26,27,28)/t18-/m1/s1. The number of ether oxygens (including phenoxy) is 3. The number of anilines is 3. The average Bonchev–Trinajstić information content (AvgIpc) is 3.31. The molecular weight excluding hydrogens is 410 g/mol. The van der Waals surface area contributed by atoms with Gasteiger partial charge < -0.3 is 25.3 Å². The number of esters is 1. The van der Waals surface area contributed by atoms with Crippen molar-refractivity contribution in [2.24, 2.45) is 0 Å². The lowest BCUT2D eigenvalue weighted by Crippen LogP contribution is -2.16. The first-order valence-electron chi connectivity index (χ1n) is 10.4. The maximum absolute atomic E-state index is 12.5. The number of nitrogens with zero attached hydrogens (tertiary/aromatic N) is 3. The van der Waals surface area contributed by atoms with Crippen molar-refractivity contribution in [1.82, 2.24) is 15.0 Å². The minimum atomic E-state index is -0.514. The Balaban J connectivity index is 1.37. The molecule has 0 unspecified atom stereocenters. The van der Waals surface area contributed by atoms with Crippen LogP contribution in [-0.2, 0) is 16.1 Å². The Morgan fingerprint density at radius 3 is 2.88 bits per heavy atom. The van der Waals surface area contributed by atoms with E-state index in [0.29, 0.717) is 17.9 Å². The fourth-order valence-electron chi connectivity index (χ4n) is 3.28. The lowest BCUT2D eigenvalue weighted by atomic mass is 10.2. The Hall–Kier alpha value is -3.72. The summed E-state index contributed by atoms with van der Waals surface area (Å²) in [4.78, 5) is 25.0. The van der Waals surface area contributed by atoms with Crippen LogP contribution < -0.4 is 15.8 Å². The van der Waals surface area contributed by atoms with Crippen LogP contribution in [0.1, 0.15) is 34.6 Å². The van der Waals surface area contributed by atoms with Crippen molar-refractivity contribution >= 4 is 23.6 Å². The molecule has 166 valence electrons. The molecule has 0 saturated carbocycles. The zero-order valence-electron chi connectivity index (χ0n) is 17.8. The number of aryl methyl sites for hydroxylation is 1. The Morgan fingerprint density at radius 1 is 1.19 bits per heavy atom. The van der Waals surface area contributed by atoms with E-state index in [0.717, 1.165) is 30.7 Å². The molecule has 0 spiro atoms. The lowest BCUT2D eigenvalue weighted by molar-refractivity contribution is 0.0461. The summed E-state index contributed by atoms with van der Waals surface area (Å²) in [5.74, 6) is 0.630. The van der Waals surface area contributed by atoms with Crippen LogP contribution in [0.2, 0.25) is 0 Å². The third-order valence-electron chi connectivity index (χ3n) is 4.95. The summed E-state index contributed by atoms with van der Waals surface area (Å²) in [5, 5.41) is 3.11. The van der Waals surface area contributed by atoms with Crippen molar-refractivity contribution in [2.45, 2.75) is 32.5 Å². The van der Waals surface area contributed by atoms with Gasteiger partial charge in [-0.25, -0.2) is 4.79 Å². The van der Waals surface area contributed by atoms with Gasteiger partial charge in [0, 0.05) is 12.3 Å². The number of nitrogen functional groups attached to an aromatic ring is 1. The molecule has 4 rings (SSSR count). The second-order valence-electron chi connectivity index (χ2n) is 7.42. The van der Waals surface area contributed by atoms with Crippen LogP contribution in [-0.4, -0.2) is 40.2 Å². The monoisotopic (exact) mass is 435 g/mol. The van der Waals surface area contributed by atoms with E-state index >= 15 is 0 Å². The Bertz CT molecular complexity index is 1090. The molecule has 1 aliphatic heterocycles. The van der Waals surface area contributed by atoms with E-state index in [1.165, 1.54) is 0 Å². The first-order valence-corrected chi connectivity index (χ1v) is 10.4. The predicted octanol–water partition coefficient (Wildman–Crippen LogP) is 3.42. The highest BCUT2D eigenvalue weighted by Gasteiger charge is 2.17. The van der Waals surface area contributed by atoms with Gasteiger partial charge in [0.05, 0.1) is 11.7 Å². The molecule has 0 aliphatic carbocycles. The van der Waals surface area contributed by atoms with Crippen molar-refractivity contribution in [3.8, 4) is 5.75 Å². The second kappa shape index (κ2) is 10.1.